The maximum atomic E-state index is 10.8. The van der Waals surface area contributed by atoms with Crippen molar-refractivity contribution in [2.45, 2.75) is 6.92 Å². The standard InChI is InChI=1S/C4H5F/c1-2-3-4-5/h4H2,1H3/i5+0. The van der Waals surface area contributed by atoms with Crippen LogP contribution in [0.25, 0.3) is 0 Å². The Kier molecular flexibility index (Phi) is 3.13. The Morgan fingerprint density at radius 3 is 2.40 bits per heavy atom. The van der Waals surface area contributed by atoms with E-state index in [2.05, 4.69) is 11.8 Å². The maximum absolute atomic E-state index is 10.8. The molecule has 0 aromatic rings. The fraction of sp³-hybridized carbons (Fsp3) is 0.500. The van der Waals surface area contributed by atoms with Crippen LogP contribution in [0.5, 0.6) is 0 Å². The van der Waals surface area contributed by atoms with Gasteiger partial charge in [-0.05, 0) is 6.92 Å². The van der Waals surface area contributed by atoms with Gasteiger partial charge in [0.2, 0.25) is 0 Å². The van der Waals surface area contributed by atoms with Gasteiger partial charge in [0, 0.05) is 0 Å². The van der Waals surface area contributed by atoms with Crippen LogP contribution in [0, 0.1) is 11.8 Å². The molecule has 0 heterocycles. The maximum Gasteiger partial charge on any atom is 0.150 e. The highest BCUT2D eigenvalue weighted by molar-refractivity contribution is 4.94. The van der Waals surface area contributed by atoms with Crippen molar-refractivity contribution in [3.63, 3.8) is 0 Å². The largest absolute Gasteiger partial charge is 0.237 e. The van der Waals surface area contributed by atoms with Crippen molar-refractivity contribution >= 4 is 0 Å². The Labute approximate surface area is 31.0 Å². The van der Waals surface area contributed by atoms with Crippen LogP contribution < -0.4 is 0 Å². The van der Waals surface area contributed by atoms with Gasteiger partial charge in [-0.3, -0.25) is 0 Å². The molecule has 0 unspecified atom stereocenters. The molecule has 0 aliphatic carbocycles. The van der Waals surface area contributed by atoms with Gasteiger partial charge in [0.1, 0.15) is 6.67 Å². The number of halogens is 1. The Balaban J connectivity index is 2.81. The number of rotatable bonds is 0. The topological polar surface area (TPSA) is 0 Å². The number of hydrogen-bond acceptors (Lipinski definition) is 0. The Morgan fingerprint density at radius 2 is 2.40 bits per heavy atom. The predicted molar refractivity (Wildman–Crippen MR) is 19.4 cm³/mol. The molecule has 0 atom stereocenters. The van der Waals surface area contributed by atoms with Crippen molar-refractivity contribution in [3.8, 4) is 11.8 Å². The van der Waals surface area contributed by atoms with E-state index in [0.717, 1.165) is 0 Å². The highest BCUT2D eigenvalue weighted by Crippen LogP contribution is 1.55. The summed E-state index contributed by atoms with van der Waals surface area (Å²) in [5.74, 6) is 4.59. The second-order valence-electron chi connectivity index (χ2n) is 0.560. The molecule has 0 aromatic carbocycles. The minimum absolute atomic E-state index is 0.517. The Bertz CT molecular complexity index is 55.8. The molecule has 0 aliphatic heterocycles. The van der Waals surface area contributed by atoms with Gasteiger partial charge in [0.05, 0.1) is 0 Å². The average molecular weight is 72.1 g/mol. The average Bonchev–Trinajstić information content (AvgIpc) is 1.41. The lowest BCUT2D eigenvalue weighted by molar-refractivity contribution is 0.573. The lowest BCUT2D eigenvalue weighted by Crippen LogP contribution is -1.55. The summed E-state index contributed by atoms with van der Waals surface area (Å²) in [6.45, 7) is 1.09. The van der Waals surface area contributed by atoms with E-state index in [0.29, 0.717) is 0 Å². The smallest absolute Gasteiger partial charge is 0.150 e. The fourth-order valence-electron chi connectivity index (χ4n) is 0.0668. The molecule has 0 aromatic heterocycles. The highest BCUT2D eigenvalue weighted by Gasteiger charge is 1.52. The summed E-state index contributed by atoms with van der Waals surface area (Å²) in [4.78, 5) is 0. The molecule has 0 saturated carbocycles. The van der Waals surface area contributed by atoms with Crippen LogP contribution in [-0.2, 0) is 0 Å². The first kappa shape index (κ1) is 4.49. The third-order valence-corrected chi connectivity index (χ3v) is 0.244. The zero-order chi connectivity index (χ0) is 4.12. The van der Waals surface area contributed by atoms with Crippen LogP contribution in [0.4, 0.5) is 4.39 Å². The molecule has 28 valence electrons. The summed E-state index contributed by atoms with van der Waals surface area (Å²) in [7, 11) is 0. The van der Waals surface area contributed by atoms with Gasteiger partial charge in [-0.25, -0.2) is 4.39 Å². The van der Waals surface area contributed by atoms with Crippen molar-refractivity contribution < 1.29 is 4.39 Å². The monoisotopic (exact) mass is 72.0 g/mol. The number of alkyl halides is 1. The zero-order valence-electron chi connectivity index (χ0n) is 3.09. The highest BCUT2D eigenvalue weighted by atomic mass is 19.1. The first-order valence-electron chi connectivity index (χ1n) is 1.37. The lowest BCUT2D eigenvalue weighted by Gasteiger charge is -1.55. The summed E-state index contributed by atoms with van der Waals surface area (Å²) in [5.41, 5.74) is 0. The molecule has 0 amide bonds. The summed E-state index contributed by atoms with van der Waals surface area (Å²) < 4.78 is 10.8. The van der Waals surface area contributed by atoms with Gasteiger partial charge in [-0.2, -0.15) is 0 Å². The van der Waals surface area contributed by atoms with E-state index in [1.807, 2.05) is 0 Å². The van der Waals surface area contributed by atoms with E-state index in [1.165, 1.54) is 0 Å². The summed E-state index contributed by atoms with van der Waals surface area (Å²) in [6, 6.07) is 0. The second-order valence-corrected chi connectivity index (χ2v) is 0.560. The third kappa shape index (κ3) is 3.49. The molecule has 0 fully saturated rings. The van der Waals surface area contributed by atoms with Crippen molar-refractivity contribution in [2.24, 2.45) is 0 Å². The van der Waals surface area contributed by atoms with Crippen LogP contribution in [0.2, 0.25) is 0 Å². The van der Waals surface area contributed by atoms with Crippen LogP contribution in [0.3, 0.4) is 0 Å². The summed E-state index contributed by atoms with van der Waals surface area (Å²) in [6.07, 6.45) is 0. The summed E-state index contributed by atoms with van der Waals surface area (Å²) in [5, 5.41) is 0. The van der Waals surface area contributed by atoms with E-state index in [-0.39, 0.29) is 0 Å². The second kappa shape index (κ2) is 3.49. The SMILES string of the molecule is CC#CC[19F]. The van der Waals surface area contributed by atoms with Crippen molar-refractivity contribution in [2.75, 3.05) is 6.67 Å². The van der Waals surface area contributed by atoms with Gasteiger partial charge in [0.25, 0.3) is 0 Å². The number of hydrogen-bond donors (Lipinski definition) is 0. The quantitative estimate of drug-likeness (QED) is 0.374. The first-order chi connectivity index (χ1) is 2.41. The molecule has 0 aliphatic rings. The molecule has 0 saturated heterocycles. The van der Waals surface area contributed by atoms with Crippen molar-refractivity contribution in [1.82, 2.24) is 0 Å². The van der Waals surface area contributed by atoms with Crippen molar-refractivity contribution in [3.05, 3.63) is 0 Å². The van der Waals surface area contributed by atoms with Gasteiger partial charge < -0.3 is 0 Å². The van der Waals surface area contributed by atoms with Gasteiger partial charge in [0.15, 0.2) is 0 Å². The molecule has 0 N–H and O–H groups in total. The molecule has 0 radical (unpaired) electrons. The Hall–Kier alpha value is -0.510. The van der Waals surface area contributed by atoms with Crippen LogP contribution in [-0.4, -0.2) is 6.67 Å². The van der Waals surface area contributed by atoms with Gasteiger partial charge in [-0.15, -0.1) is 5.92 Å². The van der Waals surface area contributed by atoms with E-state index >= 15 is 0 Å². The molecule has 0 rings (SSSR count). The van der Waals surface area contributed by atoms with E-state index in [4.69, 9.17) is 0 Å². The minimum Gasteiger partial charge on any atom is -0.237 e. The van der Waals surface area contributed by atoms with E-state index in [9.17, 15) is 4.39 Å². The minimum atomic E-state index is -0.517. The molecule has 0 bridgehead atoms. The normalized spacial score (nSPS) is 5.20. The molecular formula is C4H5F. The lowest BCUT2D eigenvalue weighted by atomic mass is 10.7. The molecule has 5 heavy (non-hydrogen) atoms. The van der Waals surface area contributed by atoms with Crippen LogP contribution in [0.15, 0.2) is 0 Å². The van der Waals surface area contributed by atoms with Gasteiger partial charge >= 0.3 is 0 Å². The van der Waals surface area contributed by atoms with Gasteiger partial charge in [-0.1, -0.05) is 5.92 Å². The molecule has 0 spiro atoms. The molecule has 1 heteroatoms. The van der Waals surface area contributed by atoms with E-state index in [1.54, 1.807) is 6.92 Å². The zero-order valence-corrected chi connectivity index (χ0v) is 3.09. The van der Waals surface area contributed by atoms with Crippen molar-refractivity contribution in [1.29, 1.82) is 0 Å². The van der Waals surface area contributed by atoms with Crippen LogP contribution in [0.1, 0.15) is 6.92 Å². The summed E-state index contributed by atoms with van der Waals surface area (Å²) >= 11 is 0. The van der Waals surface area contributed by atoms with E-state index < -0.39 is 6.67 Å². The van der Waals surface area contributed by atoms with Crippen LogP contribution >= 0.6 is 0 Å². The molecule has 0 nitrogen and oxygen atoms in total. The predicted octanol–water partition coefficient (Wildman–Crippen LogP) is 0.979. The fourth-order valence-corrected chi connectivity index (χ4v) is 0.0668. The molecular weight excluding hydrogens is 67.0 g/mol. The Morgan fingerprint density at radius 1 is 1.80 bits per heavy atom. The first-order valence-corrected chi connectivity index (χ1v) is 1.37. The third-order valence-electron chi connectivity index (χ3n) is 0.244.